The number of hydrogen-bond donors (Lipinski definition) is 2. The number of amides is 2. The van der Waals surface area contributed by atoms with Crippen LogP contribution in [0.15, 0.2) is 36.3 Å². The van der Waals surface area contributed by atoms with Gasteiger partial charge in [-0.1, -0.05) is 12.1 Å². The second-order valence-electron chi connectivity index (χ2n) is 6.03. The fourth-order valence-electron chi connectivity index (χ4n) is 2.89. The van der Waals surface area contributed by atoms with Crippen molar-refractivity contribution in [2.24, 2.45) is 0 Å². The van der Waals surface area contributed by atoms with E-state index in [-0.39, 0.29) is 5.91 Å². The van der Waals surface area contributed by atoms with Crippen LogP contribution in [-0.4, -0.2) is 43.0 Å². The minimum absolute atomic E-state index is 0.307. The number of likely N-dealkylation sites (N-methyl/N-ethyl adjacent to an activating group) is 1. The topological polar surface area (TPSA) is 104 Å². The van der Waals surface area contributed by atoms with E-state index >= 15 is 0 Å². The van der Waals surface area contributed by atoms with Gasteiger partial charge in [-0.25, -0.2) is 4.98 Å². The molecule has 2 aromatic heterocycles. The van der Waals surface area contributed by atoms with E-state index in [0.29, 0.717) is 28.9 Å². The summed E-state index contributed by atoms with van der Waals surface area (Å²) in [6.07, 6.45) is 7.77. The minimum Gasteiger partial charge on any atom is -0.357 e. The molecule has 0 aliphatic rings. The number of imidazole rings is 1. The third kappa shape index (κ3) is 3.84. The fourth-order valence-corrected chi connectivity index (χ4v) is 3.41. The molecule has 2 heterocycles. The Morgan fingerprint density at radius 2 is 2.11 bits per heavy atom. The van der Waals surface area contributed by atoms with Crippen molar-refractivity contribution in [2.45, 2.75) is 19.9 Å². The Morgan fingerprint density at radius 3 is 2.82 bits per heavy atom. The average Bonchev–Trinajstić information content (AvgIpc) is 3.34. The van der Waals surface area contributed by atoms with Crippen molar-refractivity contribution >= 4 is 47.2 Å². The number of aromatic amines is 1. The largest absolute Gasteiger partial charge is 0.357 e. The number of carbonyl (C=O) groups is 2. The molecule has 0 saturated carbocycles. The van der Waals surface area contributed by atoms with Gasteiger partial charge in [0.2, 0.25) is 12.3 Å². The van der Waals surface area contributed by atoms with Crippen LogP contribution in [0.25, 0.3) is 23.2 Å². The highest BCUT2D eigenvalue weighted by atomic mass is 32.1. The zero-order valence-electron chi connectivity index (χ0n) is 15.7. The maximum Gasteiger partial charge on any atom is 0.247 e. The van der Waals surface area contributed by atoms with Gasteiger partial charge in [0.25, 0.3) is 0 Å². The number of H-pyrrole nitrogens is 1. The lowest BCUT2D eigenvalue weighted by atomic mass is 10.0. The highest BCUT2D eigenvalue weighted by molar-refractivity contribution is 7.00. The number of benzene rings is 1. The molecule has 1 unspecified atom stereocenters. The van der Waals surface area contributed by atoms with E-state index in [1.54, 1.807) is 37.5 Å². The predicted octanol–water partition coefficient (Wildman–Crippen LogP) is 2.75. The maximum absolute atomic E-state index is 12.7. The average molecular weight is 396 g/mol. The van der Waals surface area contributed by atoms with E-state index in [2.05, 4.69) is 24.0 Å². The molecule has 9 heteroatoms. The van der Waals surface area contributed by atoms with Crippen molar-refractivity contribution in [3.63, 3.8) is 0 Å². The van der Waals surface area contributed by atoms with Crippen molar-refractivity contribution in [1.29, 1.82) is 0 Å². The Balaban J connectivity index is 2.03. The zero-order valence-corrected chi connectivity index (χ0v) is 16.5. The number of hydrogen-bond acceptors (Lipinski definition) is 6. The van der Waals surface area contributed by atoms with E-state index in [4.69, 9.17) is 0 Å². The van der Waals surface area contributed by atoms with Crippen LogP contribution in [0.3, 0.4) is 0 Å². The van der Waals surface area contributed by atoms with E-state index < -0.39 is 6.04 Å². The Bertz CT molecular complexity index is 1050. The summed E-state index contributed by atoms with van der Waals surface area (Å²) < 4.78 is 8.40. The molecule has 0 aliphatic heterocycles. The van der Waals surface area contributed by atoms with Gasteiger partial charge in [-0.2, -0.15) is 8.75 Å². The van der Waals surface area contributed by atoms with Gasteiger partial charge >= 0.3 is 0 Å². The summed E-state index contributed by atoms with van der Waals surface area (Å²) in [4.78, 5) is 33.3. The molecule has 144 valence electrons. The van der Waals surface area contributed by atoms with E-state index in [0.717, 1.165) is 22.9 Å². The monoisotopic (exact) mass is 396 g/mol. The Morgan fingerprint density at radius 1 is 1.32 bits per heavy atom. The van der Waals surface area contributed by atoms with Gasteiger partial charge < -0.3 is 15.2 Å². The lowest BCUT2D eigenvalue weighted by Gasteiger charge is -2.28. The molecule has 0 aliphatic carbocycles. The minimum atomic E-state index is -0.839. The first kappa shape index (κ1) is 19.4. The van der Waals surface area contributed by atoms with Crippen molar-refractivity contribution in [1.82, 2.24) is 28.9 Å². The van der Waals surface area contributed by atoms with Crippen molar-refractivity contribution in [3.8, 4) is 0 Å². The Kier molecular flexibility index (Phi) is 5.95. The van der Waals surface area contributed by atoms with E-state index in [9.17, 15) is 9.59 Å². The Hall–Kier alpha value is -3.33. The molecule has 0 fully saturated rings. The van der Waals surface area contributed by atoms with E-state index in [1.807, 2.05) is 19.1 Å². The van der Waals surface area contributed by atoms with Gasteiger partial charge in [0, 0.05) is 12.7 Å². The SMILES string of the molecule is C/C=C\c1[nH]cnc1/C=C(\C)N(C=O)C(C(=O)NC)c1ccc2nsnc2c1. The number of nitrogens with one attached hydrogen (secondary N) is 2. The first-order valence-corrected chi connectivity index (χ1v) is 9.34. The van der Waals surface area contributed by atoms with Gasteiger partial charge in [0.05, 0.1) is 29.4 Å². The summed E-state index contributed by atoms with van der Waals surface area (Å²) in [5.41, 5.74) is 4.16. The molecular formula is C19H20N6O2S. The number of carbonyl (C=O) groups excluding carboxylic acids is 2. The fraction of sp³-hybridized carbons (Fsp3) is 0.211. The summed E-state index contributed by atoms with van der Waals surface area (Å²) >= 11 is 1.10. The van der Waals surface area contributed by atoms with Gasteiger partial charge in [0.1, 0.15) is 17.1 Å². The molecule has 2 N–H and O–H groups in total. The molecule has 0 saturated heterocycles. The van der Waals surface area contributed by atoms with Gasteiger partial charge in [0.15, 0.2) is 0 Å². The smallest absolute Gasteiger partial charge is 0.247 e. The summed E-state index contributed by atoms with van der Waals surface area (Å²) in [6.45, 7) is 3.67. The molecule has 8 nitrogen and oxygen atoms in total. The molecule has 0 bridgehead atoms. The number of allylic oxidation sites excluding steroid dienone is 2. The van der Waals surface area contributed by atoms with Gasteiger partial charge in [-0.15, -0.1) is 0 Å². The third-order valence-corrected chi connectivity index (χ3v) is 4.82. The zero-order chi connectivity index (χ0) is 20.1. The quantitative estimate of drug-likeness (QED) is 0.598. The van der Waals surface area contributed by atoms with Gasteiger partial charge in [-0.3, -0.25) is 9.59 Å². The summed E-state index contributed by atoms with van der Waals surface area (Å²) in [6, 6.07) is 4.52. The van der Waals surface area contributed by atoms with Crippen LogP contribution in [0.2, 0.25) is 0 Å². The number of nitrogens with zero attached hydrogens (tertiary/aromatic N) is 4. The lowest BCUT2D eigenvalue weighted by Crippen LogP contribution is -2.37. The normalized spacial score (nSPS) is 13.0. The van der Waals surface area contributed by atoms with Crippen LogP contribution in [0.4, 0.5) is 0 Å². The third-order valence-electron chi connectivity index (χ3n) is 4.27. The highest BCUT2D eigenvalue weighted by Gasteiger charge is 2.28. The van der Waals surface area contributed by atoms with Crippen LogP contribution in [0.1, 0.15) is 36.8 Å². The molecule has 0 radical (unpaired) electrons. The summed E-state index contributed by atoms with van der Waals surface area (Å²) in [7, 11) is 1.54. The molecule has 1 atom stereocenters. The predicted molar refractivity (Wildman–Crippen MR) is 109 cm³/mol. The second-order valence-corrected chi connectivity index (χ2v) is 6.56. The molecule has 3 aromatic rings. The maximum atomic E-state index is 12.7. The summed E-state index contributed by atoms with van der Waals surface area (Å²) in [5.74, 6) is -0.307. The molecular weight excluding hydrogens is 376 g/mol. The first-order valence-electron chi connectivity index (χ1n) is 8.60. The van der Waals surface area contributed by atoms with Crippen LogP contribution in [-0.2, 0) is 9.59 Å². The van der Waals surface area contributed by atoms with Crippen molar-refractivity contribution < 1.29 is 9.59 Å². The van der Waals surface area contributed by atoms with E-state index in [1.165, 1.54) is 11.9 Å². The lowest BCUT2D eigenvalue weighted by molar-refractivity contribution is -0.131. The van der Waals surface area contributed by atoms with Crippen molar-refractivity contribution in [2.75, 3.05) is 7.05 Å². The highest BCUT2D eigenvalue weighted by Crippen LogP contribution is 2.27. The Labute approximate surface area is 166 Å². The first-order chi connectivity index (χ1) is 13.6. The van der Waals surface area contributed by atoms with Crippen LogP contribution < -0.4 is 5.32 Å². The van der Waals surface area contributed by atoms with Gasteiger partial charge in [-0.05, 0) is 43.7 Å². The molecule has 2 amide bonds. The molecule has 28 heavy (non-hydrogen) atoms. The molecule has 3 rings (SSSR count). The van der Waals surface area contributed by atoms with Crippen molar-refractivity contribution in [3.05, 3.63) is 53.3 Å². The number of fused-ring (bicyclic) bond motifs is 1. The number of aromatic nitrogens is 4. The van der Waals surface area contributed by atoms with Crippen LogP contribution in [0.5, 0.6) is 0 Å². The van der Waals surface area contributed by atoms with Crippen LogP contribution >= 0.6 is 11.7 Å². The summed E-state index contributed by atoms with van der Waals surface area (Å²) in [5, 5.41) is 2.63. The van der Waals surface area contributed by atoms with Crippen LogP contribution in [0, 0.1) is 0 Å². The molecule has 1 aromatic carbocycles. The standard InChI is InChI=1S/C19H20N6O2S/c1-4-5-14-16(22-10-21-14)8-12(2)25(11-26)18(19(27)20-3)13-6-7-15-17(9-13)24-28-23-15/h4-11,18H,1-3H3,(H,20,27)(H,21,22)/b5-4-,12-8+. The molecule has 0 spiro atoms. The number of rotatable bonds is 7. The second kappa shape index (κ2) is 8.57.